The van der Waals surface area contributed by atoms with Crippen LogP contribution in [0.25, 0.3) is 0 Å². The average molecular weight is 388 g/mol. The number of hydrogen-bond acceptors (Lipinski definition) is 6. The summed E-state index contributed by atoms with van der Waals surface area (Å²) < 4.78 is 5.00. The third-order valence-electron chi connectivity index (χ3n) is 5.28. The van der Waals surface area contributed by atoms with Gasteiger partial charge < -0.3 is 15.4 Å². The molecule has 150 valence electrons. The number of nitrogens with one attached hydrogen (secondary N) is 3. The van der Waals surface area contributed by atoms with E-state index in [0.717, 1.165) is 12.8 Å². The Morgan fingerprint density at radius 3 is 2.61 bits per heavy atom. The summed E-state index contributed by atoms with van der Waals surface area (Å²) in [5.74, 6) is -1.42. The number of ether oxygens (including phenoxy) is 1. The quantitative estimate of drug-likeness (QED) is 0.519. The third-order valence-corrected chi connectivity index (χ3v) is 5.28. The van der Waals surface area contributed by atoms with Crippen molar-refractivity contribution < 1.29 is 23.9 Å². The molecule has 1 spiro atoms. The number of carbonyl (C=O) groups is 4. The molecule has 0 unspecified atom stereocenters. The normalized spacial score (nSPS) is 24.1. The molecule has 3 N–H and O–H groups in total. The number of nitrogens with zero attached hydrogens (tertiary/aromatic N) is 1. The number of esters is 1. The van der Waals surface area contributed by atoms with Gasteiger partial charge in [-0.25, -0.2) is 9.59 Å². The Morgan fingerprint density at radius 2 is 1.93 bits per heavy atom. The van der Waals surface area contributed by atoms with E-state index in [1.165, 1.54) is 0 Å². The van der Waals surface area contributed by atoms with Crippen LogP contribution in [0, 0.1) is 5.92 Å². The van der Waals surface area contributed by atoms with E-state index in [-0.39, 0.29) is 5.56 Å². The smallest absolute Gasteiger partial charge is 0.344 e. The lowest BCUT2D eigenvalue weighted by Crippen LogP contribution is -2.52. The number of rotatable bonds is 5. The Hall–Kier alpha value is -3.10. The molecule has 1 aromatic carbocycles. The molecular weight excluding hydrogens is 364 g/mol. The number of carbonyl (C=O) groups excluding carboxylic acids is 4. The van der Waals surface area contributed by atoms with Crippen molar-refractivity contribution in [3.8, 4) is 0 Å². The van der Waals surface area contributed by atoms with Crippen LogP contribution < -0.4 is 16.1 Å². The minimum Gasteiger partial charge on any atom is -0.452 e. The molecule has 9 nitrogen and oxygen atoms in total. The fourth-order valence-electron chi connectivity index (χ4n) is 3.56. The molecule has 4 amide bonds. The van der Waals surface area contributed by atoms with Gasteiger partial charge in [-0.15, -0.1) is 0 Å². The first-order valence-electron chi connectivity index (χ1n) is 9.26. The second-order valence-electron chi connectivity index (χ2n) is 7.24. The fraction of sp³-hybridized carbons (Fsp3) is 0.474. The molecule has 0 bridgehead atoms. The molecule has 2 fully saturated rings. The lowest BCUT2D eigenvalue weighted by atomic mass is 9.77. The van der Waals surface area contributed by atoms with Gasteiger partial charge in [-0.05, 0) is 43.7 Å². The maximum Gasteiger partial charge on any atom is 0.344 e. The first kappa shape index (κ1) is 19.7. The lowest BCUT2D eigenvalue weighted by Gasteiger charge is -2.33. The van der Waals surface area contributed by atoms with Crippen LogP contribution in [0.3, 0.4) is 0 Å². The highest BCUT2D eigenvalue weighted by Crippen LogP contribution is 2.35. The van der Waals surface area contributed by atoms with Gasteiger partial charge in [0.2, 0.25) is 0 Å². The van der Waals surface area contributed by atoms with Crippen molar-refractivity contribution in [3.63, 3.8) is 0 Å². The van der Waals surface area contributed by atoms with Gasteiger partial charge in [0, 0.05) is 12.7 Å². The summed E-state index contributed by atoms with van der Waals surface area (Å²) in [5.41, 5.74) is 2.14. The van der Waals surface area contributed by atoms with Crippen LogP contribution in [0.1, 0.15) is 43.0 Å². The number of anilines is 1. The van der Waals surface area contributed by atoms with Crippen molar-refractivity contribution >= 4 is 29.5 Å². The molecule has 1 saturated carbocycles. The van der Waals surface area contributed by atoms with Crippen LogP contribution in [0.5, 0.6) is 0 Å². The number of imide groups is 1. The Balaban J connectivity index is 1.57. The van der Waals surface area contributed by atoms with E-state index in [4.69, 9.17) is 4.74 Å². The molecule has 0 radical (unpaired) electrons. The molecule has 1 aliphatic heterocycles. The molecule has 1 aliphatic carbocycles. The van der Waals surface area contributed by atoms with Crippen molar-refractivity contribution in [2.75, 3.05) is 19.0 Å². The van der Waals surface area contributed by atoms with Gasteiger partial charge in [-0.2, -0.15) is 5.01 Å². The fourth-order valence-corrected chi connectivity index (χ4v) is 3.56. The zero-order valence-electron chi connectivity index (χ0n) is 15.9. The van der Waals surface area contributed by atoms with E-state index in [1.54, 1.807) is 31.3 Å². The average Bonchev–Trinajstić information content (AvgIpc) is 2.92. The number of hydrazine groups is 1. The predicted molar refractivity (Wildman–Crippen MR) is 100 cm³/mol. The highest BCUT2D eigenvalue weighted by atomic mass is 16.5. The minimum absolute atomic E-state index is 0.281. The molecule has 2 aliphatic rings. The van der Waals surface area contributed by atoms with Crippen LogP contribution in [0.4, 0.5) is 10.5 Å². The van der Waals surface area contributed by atoms with Gasteiger partial charge in [0.1, 0.15) is 5.54 Å². The zero-order chi connectivity index (χ0) is 20.3. The number of para-hydroxylation sites is 1. The monoisotopic (exact) mass is 388 g/mol. The molecule has 0 aromatic heterocycles. The second-order valence-corrected chi connectivity index (χ2v) is 7.24. The highest BCUT2D eigenvalue weighted by molar-refractivity contribution is 6.08. The highest BCUT2D eigenvalue weighted by Gasteiger charge is 2.52. The number of amides is 4. The van der Waals surface area contributed by atoms with E-state index >= 15 is 0 Å². The van der Waals surface area contributed by atoms with E-state index < -0.39 is 36.0 Å². The van der Waals surface area contributed by atoms with Gasteiger partial charge in [-0.3, -0.25) is 15.0 Å². The summed E-state index contributed by atoms with van der Waals surface area (Å²) in [4.78, 5) is 49.2. The standard InChI is InChI=1S/C19H24N4O5/c1-12-7-9-19(10-8-12)17(26)23(18(27)21-19)22-15(24)11-28-16(25)13-5-3-4-6-14(13)20-2/h3-6,12,20H,7-11H2,1-2H3,(H,21,27)(H,22,24). The summed E-state index contributed by atoms with van der Waals surface area (Å²) in [5, 5.41) is 6.26. The maximum atomic E-state index is 12.7. The van der Waals surface area contributed by atoms with Crippen LogP contribution in [0.2, 0.25) is 0 Å². The molecule has 9 heteroatoms. The molecule has 1 heterocycles. The second kappa shape index (κ2) is 7.87. The Morgan fingerprint density at radius 1 is 1.25 bits per heavy atom. The van der Waals surface area contributed by atoms with Crippen LogP contribution in [-0.2, 0) is 14.3 Å². The Bertz CT molecular complexity index is 801. The van der Waals surface area contributed by atoms with Gasteiger partial charge in [0.05, 0.1) is 5.56 Å². The minimum atomic E-state index is -0.945. The summed E-state index contributed by atoms with van der Waals surface area (Å²) in [6.45, 7) is 1.49. The lowest BCUT2D eigenvalue weighted by molar-refractivity contribution is -0.141. The summed E-state index contributed by atoms with van der Waals surface area (Å²) >= 11 is 0. The first-order chi connectivity index (χ1) is 13.4. The van der Waals surface area contributed by atoms with Gasteiger partial charge >= 0.3 is 12.0 Å². The predicted octanol–water partition coefficient (Wildman–Crippen LogP) is 1.42. The molecule has 1 aromatic rings. The Kier molecular flexibility index (Phi) is 5.53. The molecule has 28 heavy (non-hydrogen) atoms. The van der Waals surface area contributed by atoms with Gasteiger partial charge in [-0.1, -0.05) is 19.1 Å². The Labute approximate surface area is 162 Å². The number of urea groups is 1. The van der Waals surface area contributed by atoms with Crippen molar-refractivity contribution in [2.24, 2.45) is 5.92 Å². The van der Waals surface area contributed by atoms with E-state index in [9.17, 15) is 19.2 Å². The van der Waals surface area contributed by atoms with Crippen molar-refractivity contribution in [3.05, 3.63) is 29.8 Å². The van der Waals surface area contributed by atoms with Crippen molar-refractivity contribution in [2.45, 2.75) is 38.1 Å². The topological polar surface area (TPSA) is 117 Å². The van der Waals surface area contributed by atoms with Crippen molar-refractivity contribution in [1.29, 1.82) is 0 Å². The number of benzene rings is 1. The van der Waals surface area contributed by atoms with Crippen LogP contribution in [0.15, 0.2) is 24.3 Å². The first-order valence-corrected chi connectivity index (χ1v) is 9.26. The van der Waals surface area contributed by atoms with E-state index in [0.29, 0.717) is 29.5 Å². The molecular formula is C19H24N4O5. The molecule has 1 saturated heterocycles. The zero-order valence-corrected chi connectivity index (χ0v) is 15.9. The van der Waals surface area contributed by atoms with Gasteiger partial charge in [0.15, 0.2) is 6.61 Å². The van der Waals surface area contributed by atoms with Gasteiger partial charge in [0.25, 0.3) is 11.8 Å². The maximum absolute atomic E-state index is 12.7. The summed E-state index contributed by atoms with van der Waals surface area (Å²) in [6.07, 6.45) is 2.74. The summed E-state index contributed by atoms with van der Waals surface area (Å²) in [7, 11) is 1.66. The van der Waals surface area contributed by atoms with E-state index in [1.807, 2.05) is 0 Å². The molecule has 3 rings (SSSR count). The third kappa shape index (κ3) is 3.78. The van der Waals surface area contributed by atoms with Crippen LogP contribution >= 0.6 is 0 Å². The van der Waals surface area contributed by atoms with Crippen molar-refractivity contribution in [1.82, 2.24) is 15.8 Å². The summed E-state index contributed by atoms with van der Waals surface area (Å²) in [6, 6.07) is 6.04. The number of hydrogen-bond donors (Lipinski definition) is 3. The van der Waals surface area contributed by atoms with E-state index in [2.05, 4.69) is 23.0 Å². The van der Waals surface area contributed by atoms with Crippen LogP contribution in [-0.4, -0.2) is 48.0 Å². The SMILES string of the molecule is CNc1ccccc1C(=O)OCC(=O)NN1C(=O)NC2(CCC(C)CC2)C1=O. The largest absolute Gasteiger partial charge is 0.452 e. The molecule has 0 atom stereocenters.